The van der Waals surface area contributed by atoms with E-state index < -0.39 is 0 Å². The number of hydrogen-bond donors (Lipinski definition) is 0. The summed E-state index contributed by atoms with van der Waals surface area (Å²) in [6.45, 7) is 0. The molecular weight excluding hydrogens is 633 g/mol. The van der Waals surface area contributed by atoms with Crippen LogP contribution in [0.3, 0.4) is 0 Å². The van der Waals surface area contributed by atoms with Crippen LogP contribution in [0.15, 0.2) is 146 Å². The van der Waals surface area contributed by atoms with E-state index >= 15 is 0 Å². The Hall–Kier alpha value is -6.50. The first kappa shape index (κ1) is 26.5. The maximum absolute atomic E-state index is 6.31. The van der Waals surface area contributed by atoms with E-state index in [2.05, 4.69) is 124 Å². The Morgan fingerprint density at radius 2 is 1.20 bits per heavy atom. The molecule has 1 aliphatic heterocycles. The van der Waals surface area contributed by atoms with E-state index in [1.165, 1.54) is 47.4 Å². The number of hydrogen-bond acceptors (Lipinski definition) is 4. The van der Waals surface area contributed by atoms with Crippen molar-refractivity contribution in [2.24, 2.45) is 0 Å². The second-order valence-electron chi connectivity index (χ2n) is 13.0. The van der Waals surface area contributed by atoms with Gasteiger partial charge < -0.3 is 9.30 Å². The van der Waals surface area contributed by atoms with Crippen LogP contribution in [0.5, 0.6) is 11.5 Å². The van der Waals surface area contributed by atoms with Crippen molar-refractivity contribution in [1.82, 2.24) is 19.1 Å². The first-order valence-corrected chi connectivity index (χ1v) is 17.6. The lowest BCUT2D eigenvalue weighted by Crippen LogP contribution is -2.06. The van der Waals surface area contributed by atoms with Crippen LogP contribution < -0.4 is 4.74 Å². The van der Waals surface area contributed by atoms with E-state index in [0.29, 0.717) is 5.95 Å². The predicted octanol–water partition coefficient (Wildman–Crippen LogP) is 12.0. The van der Waals surface area contributed by atoms with Crippen molar-refractivity contribution in [2.75, 3.05) is 0 Å². The van der Waals surface area contributed by atoms with Gasteiger partial charge in [0.1, 0.15) is 11.5 Å². The molecule has 0 aliphatic carbocycles. The van der Waals surface area contributed by atoms with Crippen LogP contribution in [-0.2, 0) is 0 Å². The normalized spacial score (nSPS) is 12.6. The standard InChI is InChI=1S/C44H24N4OS/c1-5-15-33-26(10-1)29-22-23-35-40(43(29)47(33)25-20-21-28-27-11-4-8-19-38(27)50-39(28)24-25)30-12-2-6-16-34(30)48(35)44-45-32-14-9-18-37-41(32)42(46-44)31-13-3-7-17-36(31)49-37/h1-24H. The summed E-state index contributed by atoms with van der Waals surface area (Å²) in [5, 5.41) is 8.34. The SMILES string of the molecule is c1ccc2c(c1)Oc1cccc3nc(-n4c5ccccc5c5c4ccc4c6ccccc6n(-c6ccc7c(c6)sc6ccccc67)c45)nc-2c13. The minimum absolute atomic E-state index is 0.640. The fourth-order valence-corrected chi connectivity index (χ4v) is 9.37. The highest BCUT2D eigenvalue weighted by molar-refractivity contribution is 7.25. The summed E-state index contributed by atoms with van der Waals surface area (Å²) >= 11 is 1.85. The molecule has 0 spiro atoms. The van der Waals surface area contributed by atoms with Gasteiger partial charge in [-0.15, -0.1) is 11.3 Å². The molecular formula is C44H24N4OS. The van der Waals surface area contributed by atoms with Crippen molar-refractivity contribution in [1.29, 1.82) is 0 Å². The van der Waals surface area contributed by atoms with Crippen LogP contribution in [0.2, 0.25) is 0 Å². The third kappa shape index (κ3) is 3.40. The summed E-state index contributed by atoms with van der Waals surface area (Å²) in [5.74, 6) is 2.23. The molecule has 0 fully saturated rings. The lowest BCUT2D eigenvalue weighted by atomic mass is 10.0. The van der Waals surface area contributed by atoms with E-state index in [-0.39, 0.29) is 0 Å². The van der Waals surface area contributed by atoms with E-state index in [0.717, 1.165) is 55.8 Å². The Bertz CT molecular complexity index is 3260. The largest absolute Gasteiger partial charge is 0.456 e. The van der Waals surface area contributed by atoms with Gasteiger partial charge in [-0.25, -0.2) is 9.97 Å². The third-order valence-electron chi connectivity index (χ3n) is 10.3. The quantitative estimate of drug-likeness (QED) is 0.186. The summed E-state index contributed by atoms with van der Waals surface area (Å²) in [6, 6.07) is 51.7. The highest BCUT2D eigenvalue weighted by Crippen LogP contribution is 2.47. The molecule has 12 rings (SSSR count). The first-order valence-electron chi connectivity index (χ1n) is 16.8. The Balaban J connectivity index is 1.21. The Kier molecular flexibility index (Phi) is 5.06. The lowest BCUT2D eigenvalue weighted by Gasteiger charge is -2.20. The lowest BCUT2D eigenvalue weighted by molar-refractivity contribution is 0.486. The summed E-state index contributed by atoms with van der Waals surface area (Å²) in [6.07, 6.45) is 0. The average molecular weight is 657 g/mol. The van der Waals surface area contributed by atoms with Gasteiger partial charge in [-0.1, -0.05) is 84.9 Å². The zero-order valence-electron chi connectivity index (χ0n) is 26.5. The van der Waals surface area contributed by atoms with Gasteiger partial charge in [0, 0.05) is 53.0 Å². The van der Waals surface area contributed by atoms with Gasteiger partial charge in [0.15, 0.2) is 0 Å². The smallest absolute Gasteiger partial charge is 0.235 e. The maximum atomic E-state index is 6.31. The van der Waals surface area contributed by atoms with Gasteiger partial charge in [0.2, 0.25) is 5.95 Å². The van der Waals surface area contributed by atoms with Crippen LogP contribution in [0.1, 0.15) is 0 Å². The van der Waals surface area contributed by atoms with E-state index in [1.54, 1.807) is 0 Å². The summed E-state index contributed by atoms with van der Waals surface area (Å²) in [5.41, 5.74) is 8.36. The number of nitrogens with zero attached hydrogens (tertiary/aromatic N) is 4. The van der Waals surface area contributed by atoms with Gasteiger partial charge in [0.05, 0.1) is 38.7 Å². The third-order valence-corrected chi connectivity index (χ3v) is 11.5. The van der Waals surface area contributed by atoms with Crippen LogP contribution in [0.4, 0.5) is 0 Å². The van der Waals surface area contributed by atoms with Gasteiger partial charge in [-0.3, -0.25) is 4.57 Å². The second kappa shape index (κ2) is 9.56. The van der Waals surface area contributed by atoms with Crippen LogP contribution in [0.25, 0.3) is 97.6 Å². The molecule has 5 heterocycles. The number of aromatic nitrogens is 4. The number of para-hydroxylation sites is 3. The topological polar surface area (TPSA) is 44.9 Å². The molecule has 0 saturated carbocycles. The molecule has 0 amide bonds. The zero-order valence-corrected chi connectivity index (χ0v) is 27.3. The summed E-state index contributed by atoms with van der Waals surface area (Å²) in [7, 11) is 0. The Morgan fingerprint density at radius 3 is 2.12 bits per heavy atom. The minimum atomic E-state index is 0.640. The van der Waals surface area contributed by atoms with Crippen molar-refractivity contribution in [3.8, 4) is 34.4 Å². The Morgan fingerprint density at radius 1 is 0.480 bits per heavy atom. The monoisotopic (exact) mass is 656 g/mol. The van der Waals surface area contributed by atoms with Crippen LogP contribution >= 0.6 is 11.3 Å². The highest BCUT2D eigenvalue weighted by Gasteiger charge is 2.26. The molecule has 11 aromatic rings. The number of fused-ring (bicyclic) bond motifs is 12. The number of thiophene rings is 1. The average Bonchev–Trinajstić information content (AvgIpc) is 3.82. The molecule has 232 valence electrons. The fourth-order valence-electron chi connectivity index (χ4n) is 8.23. The van der Waals surface area contributed by atoms with Crippen molar-refractivity contribution in [2.45, 2.75) is 0 Å². The number of ether oxygens (including phenoxy) is 1. The number of benzene rings is 7. The van der Waals surface area contributed by atoms with Gasteiger partial charge >= 0.3 is 0 Å². The van der Waals surface area contributed by atoms with E-state index in [1.807, 2.05) is 41.7 Å². The summed E-state index contributed by atoms with van der Waals surface area (Å²) < 4.78 is 13.6. The molecule has 0 unspecified atom stereocenters. The predicted molar refractivity (Wildman–Crippen MR) is 207 cm³/mol. The van der Waals surface area contributed by atoms with E-state index in [9.17, 15) is 0 Å². The molecule has 0 N–H and O–H groups in total. The maximum Gasteiger partial charge on any atom is 0.235 e. The number of rotatable bonds is 2. The summed E-state index contributed by atoms with van der Waals surface area (Å²) in [4.78, 5) is 10.6. The molecule has 50 heavy (non-hydrogen) atoms. The van der Waals surface area contributed by atoms with Gasteiger partial charge in [-0.05, 0) is 60.7 Å². The van der Waals surface area contributed by atoms with Crippen LogP contribution in [0, 0.1) is 0 Å². The molecule has 5 nitrogen and oxygen atoms in total. The van der Waals surface area contributed by atoms with Gasteiger partial charge in [-0.2, -0.15) is 0 Å². The second-order valence-corrected chi connectivity index (χ2v) is 14.0. The van der Waals surface area contributed by atoms with Gasteiger partial charge in [0.25, 0.3) is 0 Å². The Labute approximate surface area is 288 Å². The zero-order chi connectivity index (χ0) is 32.5. The minimum Gasteiger partial charge on any atom is -0.456 e. The van der Waals surface area contributed by atoms with Crippen molar-refractivity contribution >= 4 is 86.0 Å². The molecule has 0 atom stereocenters. The molecule has 6 heteroatoms. The van der Waals surface area contributed by atoms with E-state index in [4.69, 9.17) is 14.7 Å². The fraction of sp³-hybridized carbons (Fsp3) is 0. The highest BCUT2D eigenvalue weighted by atomic mass is 32.1. The molecule has 0 bridgehead atoms. The molecule has 0 saturated heterocycles. The van der Waals surface area contributed by atoms with Crippen LogP contribution in [-0.4, -0.2) is 19.1 Å². The molecule has 0 radical (unpaired) electrons. The van der Waals surface area contributed by atoms with Crippen molar-refractivity contribution < 1.29 is 4.74 Å². The van der Waals surface area contributed by atoms with Crippen molar-refractivity contribution in [3.05, 3.63) is 146 Å². The molecule has 4 aromatic heterocycles. The molecule has 7 aromatic carbocycles. The van der Waals surface area contributed by atoms with Crippen molar-refractivity contribution in [3.63, 3.8) is 0 Å². The molecule has 1 aliphatic rings. The first-order chi connectivity index (χ1) is 24.8.